The van der Waals surface area contributed by atoms with E-state index in [1.807, 2.05) is 29.6 Å². The second kappa shape index (κ2) is 4.54. The number of carbonyl (C=O) groups is 1. The van der Waals surface area contributed by atoms with Crippen LogP contribution in [0.1, 0.15) is 15.2 Å². The zero-order valence-electron chi connectivity index (χ0n) is 9.35. The van der Waals surface area contributed by atoms with Crippen LogP contribution < -0.4 is 0 Å². The molecule has 18 heavy (non-hydrogen) atoms. The number of thiophene rings is 1. The average Bonchev–Trinajstić information content (AvgIpc) is 3.11. The van der Waals surface area contributed by atoms with E-state index < -0.39 is 0 Å². The quantitative estimate of drug-likeness (QED) is 0.676. The van der Waals surface area contributed by atoms with E-state index in [4.69, 9.17) is 0 Å². The van der Waals surface area contributed by atoms with Crippen molar-refractivity contribution in [2.45, 2.75) is 0 Å². The van der Waals surface area contributed by atoms with E-state index in [-0.39, 0.29) is 5.78 Å². The van der Waals surface area contributed by atoms with Crippen LogP contribution in [-0.2, 0) is 0 Å². The number of aromatic nitrogens is 3. The minimum absolute atomic E-state index is 0.0511. The lowest BCUT2D eigenvalue weighted by Gasteiger charge is -2.02. The molecule has 88 valence electrons. The highest BCUT2D eigenvalue weighted by Gasteiger charge is 2.09. The van der Waals surface area contributed by atoms with E-state index in [2.05, 4.69) is 10.1 Å². The van der Waals surface area contributed by atoms with Gasteiger partial charge in [-0.15, -0.1) is 11.3 Å². The predicted octanol–water partition coefficient (Wildman–Crippen LogP) is 2.56. The maximum absolute atomic E-state index is 12.1. The van der Waals surface area contributed by atoms with E-state index in [9.17, 15) is 4.79 Å². The van der Waals surface area contributed by atoms with Crippen molar-refractivity contribution in [1.29, 1.82) is 0 Å². The smallest absolute Gasteiger partial charge is 0.202 e. The van der Waals surface area contributed by atoms with Crippen molar-refractivity contribution in [1.82, 2.24) is 14.8 Å². The number of ketones is 1. The Kier molecular flexibility index (Phi) is 2.74. The fourth-order valence-electron chi connectivity index (χ4n) is 1.66. The molecule has 0 saturated heterocycles. The van der Waals surface area contributed by atoms with E-state index in [1.54, 1.807) is 23.1 Å². The minimum atomic E-state index is 0.0511. The molecule has 0 amide bonds. The van der Waals surface area contributed by atoms with Gasteiger partial charge < -0.3 is 0 Å². The Morgan fingerprint density at radius 2 is 2.00 bits per heavy atom. The molecule has 0 fully saturated rings. The molecule has 0 bridgehead atoms. The number of rotatable bonds is 3. The van der Waals surface area contributed by atoms with E-state index in [1.165, 1.54) is 17.7 Å². The lowest BCUT2D eigenvalue weighted by Crippen LogP contribution is -2.00. The molecule has 0 aliphatic rings. The van der Waals surface area contributed by atoms with Crippen LogP contribution in [0.4, 0.5) is 0 Å². The Bertz CT molecular complexity index is 642. The van der Waals surface area contributed by atoms with Crippen LogP contribution in [-0.4, -0.2) is 20.5 Å². The normalized spacial score (nSPS) is 10.4. The zero-order valence-corrected chi connectivity index (χ0v) is 10.2. The summed E-state index contributed by atoms with van der Waals surface area (Å²) in [5, 5.41) is 5.93. The molecule has 0 atom stereocenters. The largest absolute Gasteiger partial charge is 0.288 e. The first-order valence-corrected chi connectivity index (χ1v) is 6.26. The van der Waals surface area contributed by atoms with Gasteiger partial charge in [-0.25, -0.2) is 9.67 Å². The molecule has 5 heteroatoms. The van der Waals surface area contributed by atoms with Crippen LogP contribution in [0.15, 0.2) is 54.4 Å². The topological polar surface area (TPSA) is 47.8 Å². The van der Waals surface area contributed by atoms with Crippen molar-refractivity contribution in [3.8, 4) is 5.69 Å². The molecular formula is C13H9N3OS. The first-order valence-electron chi connectivity index (χ1n) is 5.38. The minimum Gasteiger partial charge on any atom is -0.288 e. The van der Waals surface area contributed by atoms with Gasteiger partial charge in [0.25, 0.3) is 0 Å². The summed E-state index contributed by atoms with van der Waals surface area (Å²) in [6, 6.07) is 11.0. The van der Waals surface area contributed by atoms with Crippen LogP contribution in [0.2, 0.25) is 0 Å². The summed E-state index contributed by atoms with van der Waals surface area (Å²) in [5.74, 6) is 0.0511. The molecule has 3 rings (SSSR count). The molecule has 3 aromatic rings. The molecule has 2 aromatic heterocycles. The van der Waals surface area contributed by atoms with Crippen molar-refractivity contribution in [3.05, 3.63) is 64.9 Å². The first kappa shape index (κ1) is 10.9. The van der Waals surface area contributed by atoms with Crippen molar-refractivity contribution in [2.24, 2.45) is 0 Å². The second-order valence-corrected chi connectivity index (χ2v) is 4.64. The molecule has 0 saturated carbocycles. The maximum Gasteiger partial charge on any atom is 0.202 e. The van der Waals surface area contributed by atoms with Crippen LogP contribution >= 0.6 is 11.3 Å². The Labute approximate surface area is 108 Å². The second-order valence-electron chi connectivity index (χ2n) is 3.69. The van der Waals surface area contributed by atoms with Gasteiger partial charge in [0.1, 0.15) is 12.7 Å². The van der Waals surface area contributed by atoms with Gasteiger partial charge in [-0.1, -0.05) is 6.07 Å². The van der Waals surface area contributed by atoms with Gasteiger partial charge in [0.2, 0.25) is 5.78 Å². The highest BCUT2D eigenvalue weighted by atomic mass is 32.1. The molecule has 4 nitrogen and oxygen atoms in total. The molecule has 0 unspecified atom stereocenters. The van der Waals surface area contributed by atoms with Crippen molar-refractivity contribution >= 4 is 17.1 Å². The summed E-state index contributed by atoms with van der Waals surface area (Å²) in [6.07, 6.45) is 3.10. The van der Waals surface area contributed by atoms with Crippen LogP contribution in [0, 0.1) is 0 Å². The number of hydrogen-bond donors (Lipinski definition) is 0. The Balaban J connectivity index is 1.90. The van der Waals surface area contributed by atoms with Gasteiger partial charge in [0.15, 0.2) is 0 Å². The predicted molar refractivity (Wildman–Crippen MR) is 69.1 cm³/mol. The Morgan fingerprint density at radius 1 is 1.17 bits per heavy atom. The van der Waals surface area contributed by atoms with Crippen molar-refractivity contribution in [3.63, 3.8) is 0 Å². The maximum atomic E-state index is 12.1. The molecule has 0 spiro atoms. The highest BCUT2D eigenvalue weighted by molar-refractivity contribution is 7.12. The Hall–Kier alpha value is -2.27. The summed E-state index contributed by atoms with van der Waals surface area (Å²) in [7, 11) is 0. The van der Waals surface area contributed by atoms with Crippen LogP contribution in [0.3, 0.4) is 0 Å². The number of carbonyl (C=O) groups excluding carboxylic acids is 1. The molecule has 0 N–H and O–H groups in total. The van der Waals surface area contributed by atoms with E-state index in [0.29, 0.717) is 5.56 Å². The number of nitrogens with zero attached hydrogens (tertiary/aromatic N) is 3. The Morgan fingerprint density at radius 3 is 2.61 bits per heavy atom. The van der Waals surface area contributed by atoms with E-state index >= 15 is 0 Å². The summed E-state index contributed by atoms with van der Waals surface area (Å²) in [5.41, 5.74) is 1.57. The standard InChI is InChI=1S/C13H9N3OS/c17-13(12-2-1-7-18-12)10-3-5-11(6-4-10)16-9-14-8-15-16/h1-9H. The lowest BCUT2D eigenvalue weighted by atomic mass is 10.1. The fraction of sp³-hybridized carbons (Fsp3) is 0. The molecule has 1 aromatic carbocycles. The summed E-state index contributed by atoms with van der Waals surface area (Å²) in [6.45, 7) is 0. The zero-order chi connectivity index (χ0) is 12.4. The van der Waals surface area contributed by atoms with Gasteiger partial charge in [-0.3, -0.25) is 4.79 Å². The van der Waals surface area contributed by atoms with Crippen LogP contribution in [0.25, 0.3) is 5.69 Å². The number of hydrogen-bond acceptors (Lipinski definition) is 4. The third kappa shape index (κ3) is 1.96. The lowest BCUT2D eigenvalue weighted by molar-refractivity contribution is 0.104. The van der Waals surface area contributed by atoms with Crippen LogP contribution in [0.5, 0.6) is 0 Å². The summed E-state index contributed by atoms with van der Waals surface area (Å²) >= 11 is 1.45. The van der Waals surface area contributed by atoms with Gasteiger partial charge in [0.05, 0.1) is 10.6 Å². The monoisotopic (exact) mass is 255 g/mol. The summed E-state index contributed by atoms with van der Waals surface area (Å²) < 4.78 is 1.65. The molecule has 0 radical (unpaired) electrons. The molecular weight excluding hydrogens is 246 g/mol. The fourth-order valence-corrected chi connectivity index (χ4v) is 2.34. The van der Waals surface area contributed by atoms with Gasteiger partial charge in [-0.2, -0.15) is 5.10 Å². The molecule has 0 aliphatic heterocycles. The molecule has 2 heterocycles. The summed E-state index contributed by atoms with van der Waals surface area (Å²) in [4.78, 5) is 16.7. The van der Waals surface area contributed by atoms with Gasteiger partial charge >= 0.3 is 0 Å². The van der Waals surface area contributed by atoms with Gasteiger partial charge in [0, 0.05) is 5.56 Å². The molecule has 0 aliphatic carbocycles. The van der Waals surface area contributed by atoms with Crippen molar-refractivity contribution in [2.75, 3.05) is 0 Å². The number of benzene rings is 1. The van der Waals surface area contributed by atoms with Crippen molar-refractivity contribution < 1.29 is 4.79 Å². The average molecular weight is 255 g/mol. The first-order chi connectivity index (χ1) is 8.84. The SMILES string of the molecule is O=C(c1ccc(-n2cncn2)cc1)c1cccs1. The third-order valence-corrected chi connectivity index (χ3v) is 3.43. The third-order valence-electron chi connectivity index (χ3n) is 2.56. The van der Waals surface area contributed by atoms with Gasteiger partial charge in [-0.05, 0) is 35.7 Å². The van der Waals surface area contributed by atoms with E-state index in [0.717, 1.165) is 10.6 Å². The highest BCUT2D eigenvalue weighted by Crippen LogP contribution is 2.16.